The monoisotopic (exact) mass is 260 g/mol. The molecule has 4 nitrogen and oxygen atoms in total. The van der Waals surface area contributed by atoms with Crippen LogP contribution in [0.1, 0.15) is 19.8 Å². The molecule has 3 aliphatic rings. The van der Waals surface area contributed by atoms with E-state index in [4.69, 9.17) is 4.74 Å². The van der Waals surface area contributed by atoms with E-state index < -0.39 is 0 Å². The molecule has 4 atom stereocenters. The Labute approximate surface area is 111 Å². The Hall–Kier alpha value is -1.71. The number of allylic oxidation sites excluding steroid dienone is 2. The second-order valence-corrected chi connectivity index (χ2v) is 5.43. The Morgan fingerprint density at radius 2 is 2.16 bits per heavy atom. The molecule has 0 aromatic heterocycles. The third-order valence-corrected chi connectivity index (χ3v) is 4.39. The minimum Gasteiger partial charge on any atom is -0.462 e. The van der Waals surface area contributed by atoms with Gasteiger partial charge in [0.25, 0.3) is 0 Å². The third kappa shape index (κ3) is 1.86. The fourth-order valence-corrected chi connectivity index (χ4v) is 3.48. The largest absolute Gasteiger partial charge is 0.462 e. The lowest BCUT2D eigenvalue weighted by Gasteiger charge is -2.28. The van der Waals surface area contributed by atoms with Crippen LogP contribution in [-0.2, 0) is 19.1 Å². The van der Waals surface area contributed by atoms with E-state index in [1.165, 1.54) is 0 Å². The first-order valence-electron chi connectivity index (χ1n) is 6.75. The van der Waals surface area contributed by atoms with Crippen LogP contribution >= 0.6 is 0 Å². The van der Waals surface area contributed by atoms with Gasteiger partial charge in [-0.05, 0) is 19.3 Å². The standard InChI is InChI=1S/C15H16O4/c1-2-19-15(18)8-3-4-10-12-6-9(7-13(12)16)11(5-8)14(10)17/h3-5,9-12H,2,6-7H2,1H3/t9-,10+,11-,12-/m1/s1. The summed E-state index contributed by atoms with van der Waals surface area (Å²) >= 11 is 0. The van der Waals surface area contributed by atoms with E-state index in [1.807, 2.05) is 0 Å². The molecule has 0 unspecified atom stereocenters. The van der Waals surface area contributed by atoms with Gasteiger partial charge in [-0.2, -0.15) is 0 Å². The van der Waals surface area contributed by atoms with Crippen molar-refractivity contribution in [3.05, 3.63) is 23.8 Å². The van der Waals surface area contributed by atoms with Gasteiger partial charge in [0.15, 0.2) is 0 Å². The molecule has 2 saturated carbocycles. The molecule has 0 spiro atoms. The summed E-state index contributed by atoms with van der Waals surface area (Å²) in [5.41, 5.74) is 0.447. The van der Waals surface area contributed by atoms with E-state index >= 15 is 0 Å². The number of carbonyl (C=O) groups is 3. The zero-order chi connectivity index (χ0) is 13.6. The van der Waals surface area contributed by atoms with E-state index in [0.717, 1.165) is 6.42 Å². The highest BCUT2D eigenvalue weighted by molar-refractivity contribution is 6.01. The molecular formula is C15H16O4. The van der Waals surface area contributed by atoms with E-state index in [-0.39, 0.29) is 41.2 Å². The fraction of sp³-hybridized carbons (Fsp3) is 0.533. The molecule has 0 aromatic carbocycles. The van der Waals surface area contributed by atoms with Crippen molar-refractivity contribution in [1.82, 2.24) is 0 Å². The van der Waals surface area contributed by atoms with Crippen molar-refractivity contribution in [2.24, 2.45) is 23.7 Å². The molecule has 19 heavy (non-hydrogen) atoms. The van der Waals surface area contributed by atoms with Crippen LogP contribution < -0.4 is 0 Å². The maximum absolute atomic E-state index is 12.4. The first-order chi connectivity index (χ1) is 9.11. The Bertz CT molecular complexity index is 514. The number of esters is 1. The summed E-state index contributed by atoms with van der Waals surface area (Å²) in [5, 5.41) is 0. The van der Waals surface area contributed by atoms with Crippen molar-refractivity contribution in [2.45, 2.75) is 19.8 Å². The van der Waals surface area contributed by atoms with Gasteiger partial charge in [-0.1, -0.05) is 18.2 Å². The maximum atomic E-state index is 12.4. The lowest BCUT2D eigenvalue weighted by atomic mass is 9.73. The van der Waals surface area contributed by atoms with E-state index in [9.17, 15) is 14.4 Å². The number of fused-ring (bicyclic) bond motifs is 6. The third-order valence-electron chi connectivity index (χ3n) is 4.39. The normalized spacial score (nSPS) is 35.9. The lowest BCUT2D eigenvalue weighted by molar-refractivity contribution is -0.138. The van der Waals surface area contributed by atoms with E-state index in [2.05, 4.69) is 0 Å². The fourth-order valence-electron chi connectivity index (χ4n) is 3.48. The predicted octanol–water partition coefficient (Wildman–Crippen LogP) is 1.46. The van der Waals surface area contributed by atoms with Gasteiger partial charge in [-0.15, -0.1) is 0 Å². The molecule has 0 saturated heterocycles. The molecule has 100 valence electrons. The number of ether oxygens (including phenoxy) is 1. The van der Waals surface area contributed by atoms with Gasteiger partial charge in [0, 0.05) is 24.2 Å². The van der Waals surface area contributed by atoms with E-state index in [1.54, 1.807) is 25.2 Å². The summed E-state index contributed by atoms with van der Waals surface area (Å²) in [7, 11) is 0. The van der Waals surface area contributed by atoms with Crippen molar-refractivity contribution in [3.8, 4) is 0 Å². The van der Waals surface area contributed by atoms with Crippen LogP contribution in [-0.4, -0.2) is 24.1 Å². The van der Waals surface area contributed by atoms with Crippen LogP contribution in [0, 0.1) is 23.7 Å². The maximum Gasteiger partial charge on any atom is 0.337 e. The highest BCUT2D eigenvalue weighted by Gasteiger charge is 2.50. The van der Waals surface area contributed by atoms with Crippen LogP contribution in [0.3, 0.4) is 0 Å². The zero-order valence-corrected chi connectivity index (χ0v) is 10.8. The number of rotatable bonds is 2. The summed E-state index contributed by atoms with van der Waals surface area (Å²) in [5.74, 6) is -0.848. The minimum absolute atomic E-state index is 0.0746. The molecule has 0 amide bonds. The SMILES string of the molecule is CCOC(=O)C1=C[C@H]2C(=O)[C@@H](C=C1)[C@H]1C[C@@H]2CC1=O. The molecule has 0 aliphatic heterocycles. The molecule has 0 N–H and O–H groups in total. The van der Waals surface area contributed by atoms with Gasteiger partial charge in [0.1, 0.15) is 11.6 Å². The van der Waals surface area contributed by atoms with Crippen LogP contribution in [0.5, 0.6) is 0 Å². The molecule has 0 aromatic rings. The highest BCUT2D eigenvalue weighted by Crippen LogP contribution is 2.47. The zero-order valence-electron chi connectivity index (χ0n) is 10.8. The van der Waals surface area contributed by atoms with Gasteiger partial charge in [0.2, 0.25) is 0 Å². The van der Waals surface area contributed by atoms with Gasteiger partial charge in [-0.25, -0.2) is 4.79 Å². The number of hydrogen-bond donors (Lipinski definition) is 0. The lowest BCUT2D eigenvalue weighted by Crippen LogP contribution is -2.34. The average Bonchev–Trinajstić information content (AvgIpc) is 2.65. The summed E-state index contributed by atoms with van der Waals surface area (Å²) in [6.07, 6.45) is 6.31. The average molecular weight is 260 g/mol. The van der Waals surface area contributed by atoms with Crippen LogP contribution in [0.2, 0.25) is 0 Å². The quantitative estimate of drug-likeness (QED) is 0.705. The second kappa shape index (κ2) is 4.44. The number of hydrogen-bond acceptors (Lipinski definition) is 4. The number of carbonyl (C=O) groups excluding carboxylic acids is 3. The van der Waals surface area contributed by atoms with Crippen LogP contribution in [0.25, 0.3) is 0 Å². The second-order valence-electron chi connectivity index (χ2n) is 5.43. The smallest absolute Gasteiger partial charge is 0.337 e. The highest BCUT2D eigenvalue weighted by atomic mass is 16.5. The van der Waals surface area contributed by atoms with Crippen molar-refractivity contribution < 1.29 is 19.1 Å². The molecule has 3 rings (SSSR count). The Morgan fingerprint density at radius 3 is 2.89 bits per heavy atom. The summed E-state index contributed by atoms with van der Waals surface area (Å²) < 4.78 is 4.99. The van der Waals surface area contributed by atoms with Gasteiger partial charge in [0.05, 0.1) is 12.2 Å². The minimum atomic E-state index is -0.388. The van der Waals surface area contributed by atoms with Crippen LogP contribution in [0.15, 0.2) is 23.8 Å². The summed E-state index contributed by atoms with van der Waals surface area (Å²) in [6, 6.07) is 0. The van der Waals surface area contributed by atoms with Crippen molar-refractivity contribution in [3.63, 3.8) is 0 Å². The summed E-state index contributed by atoms with van der Waals surface area (Å²) in [6.45, 7) is 2.07. The van der Waals surface area contributed by atoms with Crippen molar-refractivity contribution in [2.75, 3.05) is 6.61 Å². The van der Waals surface area contributed by atoms with Gasteiger partial charge < -0.3 is 4.74 Å². The van der Waals surface area contributed by atoms with Gasteiger partial charge >= 0.3 is 5.97 Å². The summed E-state index contributed by atoms with van der Waals surface area (Å²) in [4.78, 5) is 36.0. The molecule has 2 fully saturated rings. The first kappa shape index (κ1) is 12.3. The van der Waals surface area contributed by atoms with Crippen LogP contribution in [0.4, 0.5) is 0 Å². The predicted molar refractivity (Wildman–Crippen MR) is 67.1 cm³/mol. The molecule has 3 aliphatic carbocycles. The molecule has 0 radical (unpaired) electrons. The van der Waals surface area contributed by atoms with Gasteiger partial charge in [-0.3, -0.25) is 9.59 Å². The Balaban J connectivity index is 1.96. The molecule has 0 heterocycles. The molecule has 4 heteroatoms. The number of Topliss-reactive ketones (excluding diaryl/α,β-unsaturated/α-hetero) is 2. The Morgan fingerprint density at radius 1 is 1.37 bits per heavy atom. The van der Waals surface area contributed by atoms with E-state index in [0.29, 0.717) is 18.6 Å². The Kier molecular flexibility index (Phi) is 2.88. The molecule has 4 bridgehead atoms. The first-order valence-corrected chi connectivity index (χ1v) is 6.75. The topological polar surface area (TPSA) is 60.4 Å². The number of ketones is 2. The van der Waals surface area contributed by atoms with Crippen molar-refractivity contribution in [1.29, 1.82) is 0 Å². The van der Waals surface area contributed by atoms with Crippen molar-refractivity contribution >= 4 is 17.5 Å². The molecular weight excluding hydrogens is 244 g/mol.